The van der Waals surface area contributed by atoms with Gasteiger partial charge in [-0.2, -0.15) is 0 Å². The lowest BCUT2D eigenvalue weighted by molar-refractivity contribution is -0.136. The molecule has 0 saturated heterocycles. The molecular formula is C13H14N2O2S. The summed E-state index contributed by atoms with van der Waals surface area (Å²) in [6, 6.07) is 3.70. The van der Waals surface area contributed by atoms with Crippen molar-refractivity contribution in [2.24, 2.45) is 0 Å². The Balaban J connectivity index is 2.47. The van der Waals surface area contributed by atoms with E-state index < -0.39 is 5.97 Å². The SMILES string of the molecule is CC(C)c1nc(-c2ccncc2)c(CC(=O)O)s1. The first-order valence-corrected chi connectivity index (χ1v) is 6.51. The molecule has 2 aromatic rings. The lowest BCUT2D eigenvalue weighted by Gasteiger charge is -1.99. The molecule has 0 fully saturated rings. The van der Waals surface area contributed by atoms with Gasteiger partial charge in [0.1, 0.15) is 0 Å². The van der Waals surface area contributed by atoms with Gasteiger partial charge in [-0.15, -0.1) is 11.3 Å². The Morgan fingerprint density at radius 1 is 1.39 bits per heavy atom. The van der Waals surface area contributed by atoms with E-state index in [1.165, 1.54) is 11.3 Å². The summed E-state index contributed by atoms with van der Waals surface area (Å²) in [6.07, 6.45) is 3.39. The van der Waals surface area contributed by atoms with Crippen LogP contribution in [0, 0.1) is 0 Å². The van der Waals surface area contributed by atoms with Crippen LogP contribution in [0.1, 0.15) is 29.7 Å². The minimum absolute atomic E-state index is 0.0159. The number of carbonyl (C=O) groups is 1. The highest BCUT2D eigenvalue weighted by atomic mass is 32.1. The summed E-state index contributed by atoms with van der Waals surface area (Å²) in [5.41, 5.74) is 1.69. The van der Waals surface area contributed by atoms with Crippen molar-refractivity contribution in [3.63, 3.8) is 0 Å². The summed E-state index contributed by atoms with van der Waals surface area (Å²) in [7, 11) is 0. The summed E-state index contributed by atoms with van der Waals surface area (Å²) in [4.78, 5) is 20.2. The van der Waals surface area contributed by atoms with E-state index >= 15 is 0 Å². The van der Waals surface area contributed by atoms with Crippen LogP contribution in [0.25, 0.3) is 11.3 Å². The molecule has 0 saturated carbocycles. The third-order valence-electron chi connectivity index (χ3n) is 2.47. The first kappa shape index (κ1) is 12.7. The summed E-state index contributed by atoms with van der Waals surface area (Å²) < 4.78 is 0. The van der Waals surface area contributed by atoms with Crippen LogP contribution in [0.5, 0.6) is 0 Å². The van der Waals surface area contributed by atoms with Crippen LogP contribution in [0.15, 0.2) is 24.5 Å². The Bertz CT molecular complexity index is 549. The zero-order valence-electron chi connectivity index (χ0n) is 10.3. The molecule has 0 aliphatic heterocycles. The molecule has 18 heavy (non-hydrogen) atoms. The van der Waals surface area contributed by atoms with E-state index in [4.69, 9.17) is 5.11 Å². The Kier molecular flexibility index (Phi) is 3.72. The molecule has 0 amide bonds. The van der Waals surface area contributed by atoms with E-state index in [0.717, 1.165) is 21.1 Å². The molecule has 0 aromatic carbocycles. The summed E-state index contributed by atoms with van der Waals surface area (Å²) in [5, 5.41) is 9.92. The normalized spacial score (nSPS) is 10.8. The van der Waals surface area contributed by atoms with Crippen molar-refractivity contribution in [3.8, 4) is 11.3 Å². The predicted octanol–water partition coefficient (Wildman–Crippen LogP) is 2.96. The van der Waals surface area contributed by atoms with Gasteiger partial charge in [0.15, 0.2) is 0 Å². The average Bonchev–Trinajstić information content (AvgIpc) is 2.73. The maximum absolute atomic E-state index is 10.9. The number of nitrogens with zero attached hydrogens (tertiary/aromatic N) is 2. The number of rotatable bonds is 4. The quantitative estimate of drug-likeness (QED) is 0.920. The first-order valence-electron chi connectivity index (χ1n) is 5.69. The molecule has 94 valence electrons. The van der Waals surface area contributed by atoms with Gasteiger partial charge in [0.05, 0.1) is 17.1 Å². The molecule has 0 atom stereocenters. The number of thiazole rings is 1. The predicted molar refractivity (Wildman–Crippen MR) is 70.8 cm³/mol. The number of carboxylic acids is 1. The number of aromatic nitrogens is 2. The van der Waals surface area contributed by atoms with Gasteiger partial charge in [-0.3, -0.25) is 9.78 Å². The van der Waals surface area contributed by atoms with Crippen LogP contribution in [0.3, 0.4) is 0 Å². The highest BCUT2D eigenvalue weighted by Crippen LogP contribution is 2.31. The molecule has 2 rings (SSSR count). The van der Waals surface area contributed by atoms with Crippen LogP contribution in [0.2, 0.25) is 0 Å². The van der Waals surface area contributed by atoms with Crippen molar-refractivity contribution in [2.75, 3.05) is 0 Å². The first-order chi connectivity index (χ1) is 8.58. The lowest BCUT2D eigenvalue weighted by Crippen LogP contribution is -1.99. The van der Waals surface area contributed by atoms with Gasteiger partial charge in [0.25, 0.3) is 0 Å². The summed E-state index contributed by atoms with van der Waals surface area (Å²) >= 11 is 1.48. The third kappa shape index (κ3) is 2.73. The molecule has 4 nitrogen and oxygen atoms in total. The Morgan fingerprint density at radius 3 is 2.61 bits per heavy atom. The molecule has 0 radical (unpaired) electrons. The van der Waals surface area contributed by atoms with Gasteiger partial charge >= 0.3 is 5.97 Å². The molecule has 0 unspecified atom stereocenters. The largest absolute Gasteiger partial charge is 0.481 e. The van der Waals surface area contributed by atoms with Crippen LogP contribution in [-0.4, -0.2) is 21.0 Å². The Hall–Kier alpha value is -1.75. The fourth-order valence-electron chi connectivity index (χ4n) is 1.61. The van der Waals surface area contributed by atoms with Gasteiger partial charge < -0.3 is 5.11 Å². The van der Waals surface area contributed by atoms with Gasteiger partial charge in [-0.1, -0.05) is 13.8 Å². The minimum atomic E-state index is -0.829. The summed E-state index contributed by atoms with van der Waals surface area (Å²) in [5.74, 6) is -0.526. The summed E-state index contributed by atoms with van der Waals surface area (Å²) in [6.45, 7) is 4.11. The van der Waals surface area contributed by atoms with Crippen molar-refractivity contribution < 1.29 is 9.90 Å². The number of hydrogen-bond acceptors (Lipinski definition) is 4. The molecule has 0 aliphatic carbocycles. The van der Waals surface area contributed by atoms with E-state index in [9.17, 15) is 4.79 Å². The molecule has 1 N–H and O–H groups in total. The second-order valence-electron chi connectivity index (χ2n) is 4.28. The fraction of sp³-hybridized carbons (Fsp3) is 0.308. The zero-order valence-corrected chi connectivity index (χ0v) is 11.1. The topological polar surface area (TPSA) is 63.1 Å². The molecule has 2 aromatic heterocycles. The molecule has 0 aliphatic rings. The third-order valence-corrected chi connectivity index (χ3v) is 3.83. The minimum Gasteiger partial charge on any atom is -0.481 e. The van der Waals surface area contributed by atoms with Gasteiger partial charge in [-0.05, 0) is 12.1 Å². The van der Waals surface area contributed by atoms with Crippen molar-refractivity contribution in [2.45, 2.75) is 26.2 Å². The maximum Gasteiger partial charge on any atom is 0.308 e. The Labute approximate surface area is 109 Å². The van der Waals surface area contributed by atoms with E-state index in [0.29, 0.717) is 5.92 Å². The van der Waals surface area contributed by atoms with Crippen molar-refractivity contribution >= 4 is 17.3 Å². The standard InChI is InChI=1S/C13H14N2O2S/c1-8(2)13-15-12(9-3-5-14-6-4-9)10(18-13)7-11(16)17/h3-6,8H,7H2,1-2H3,(H,16,17). The van der Waals surface area contributed by atoms with Crippen LogP contribution in [-0.2, 0) is 11.2 Å². The Morgan fingerprint density at radius 2 is 2.06 bits per heavy atom. The smallest absolute Gasteiger partial charge is 0.308 e. The number of aliphatic carboxylic acids is 1. The average molecular weight is 262 g/mol. The van der Waals surface area contributed by atoms with E-state index in [2.05, 4.69) is 23.8 Å². The van der Waals surface area contributed by atoms with E-state index in [-0.39, 0.29) is 6.42 Å². The highest BCUT2D eigenvalue weighted by molar-refractivity contribution is 7.12. The van der Waals surface area contributed by atoms with Crippen LogP contribution in [0.4, 0.5) is 0 Å². The number of pyridine rings is 1. The van der Waals surface area contributed by atoms with Crippen molar-refractivity contribution in [1.82, 2.24) is 9.97 Å². The molecule has 2 heterocycles. The van der Waals surface area contributed by atoms with E-state index in [1.807, 2.05) is 12.1 Å². The number of carboxylic acid groups (broad SMARTS) is 1. The maximum atomic E-state index is 10.9. The van der Waals surface area contributed by atoms with Crippen molar-refractivity contribution in [3.05, 3.63) is 34.4 Å². The van der Waals surface area contributed by atoms with Gasteiger partial charge in [0, 0.05) is 28.8 Å². The second kappa shape index (κ2) is 5.27. The molecular weight excluding hydrogens is 248 g/mol. The van der Waals surface area contributed by atoms with Crippen LogP contribution >= 0.6 is 11.3 Å². The number of hydrogen-bond donors (Lipinski definition) is 1. The zero-order chi connectivity index (χ0) is 13.1. The molecule has 0 spiro atoms. The monoisotopic (exact) mass is 262 g/mol. The second-order valence-corrected chi connectivity index (χ2v) is 5.40. The highest BCUT2D eigenvalue weighted by Gasteiger charge is 2.16. The van der Waals surface area contributed by atoms with Gasteiger partial charge in [-0.25, -0.2) is 4.98 Å². The van der Waals surface area contributed by atoms with Crippen molar-refractivity contribution in [1.29, 1.82) is 0 Å². The lowest BCUT2D eigenvalue weighted by atomic mass is 10.1. The van der Waals surface area contributed by atoms with Gasteiger partial charge in [0.2, 0.25) is 0 Å². The molecule has 5 heteroatoms. The van der Waals surface area contributed by atoms with Crippen LogP contribution < -0.4 is 0 Å². The molecule has 0 bridgehead atoms. The fourth-order valence-corrected chi connectivity index (χ4v) is 2.69. The van der Waals surface area contributed by atoms with E-state index in [1.54, 1.807) is 12.4 Å².